The van der Waals surface area contributed by atoms with Gasteiger partial charge in [0.1, 0.15) is 11.4 Å². The first-order chi connectivity index (χ1) is 10.0. The van der Waals surface area contributed by atoms with E-state index in [0.29, 0.717) is 10.6 Å². The van der Waals surface area contributed by atoms with Crippen LogP contribution in [-0.4, -0.2) is 31.1 Å². The van der Waals surface area contributed by atoms with E-state index in [1.807, 2.05) is 6.07 Å². The van der Waals surface area contributed by atoms with Crippen LogP contribution in [0.2, 0.25) is 5.02 Å². The molecule has 0 aliphatic carbocycles. The maximum absolute atomic E-state index is 11.7. The summed E-state index contributed by atoms with van der Waals surface area (Å²) in [5.74, 6) is -1.27. The van der Waals surface area contributed by atoms with Crippen LogP contribution in [-0.2, 0) is 9.47 Å². The quantitative estimate of drug-likeness (QED) is 0.816. The number of carbonyl (C=O) groups excluding carboxylic acids is 2. The van der Waals surface area contributed by atoms with Crippen LogP contribution in [0.15, 0.2) is 36.4 Å². The van der Waals surface area contributed by atoms with E-state index in [1.54, 1.807) is 18.2 Å². The number of carbonyl (C=O) groups is 2. The van der Waals surface area contributed by atoms with Crippen molar-refractivity contribution < 1.29 is 19.1 Å². The van der Waals surface area contributed by atoms with E-state index in [-0.39, 0.29) is 11.4 Å². The highest BCUT2D eigenvalue weighted by Crippen LogP contribution is 2.24. The maximum Gasteiger partial charge on any atom is 0.356 e. The molecular weight excluding hydrogens is 294 g/mol. The van der Waals surface area contributed by atoms with Gasteiger partial charge < -0.3 is 9.47 Å². The SMILES string of the molecule is COC(=O)c1cc(-c2cccc(Cl)c2)cc(C(=O)OC)n1. The summed E-state index contributed by atoms with van der Waals surface area (Å²) in [6.07, 6.45) is 0. The van der Waals surface area contributed by atoms with Crippen molar-refractivity contribution in [1.29, 1.82) is 0 Å². The standard InChI is InChI=1S/C15H12ClNO4/c1-20-14(18)12-7-10(8-13(17-12)15(19)21-2)9-4-3-5-11(16)6-9/h3-8H,1-2H3. The zero-order valence-corrected chi connectivity index (χ0v) is 12.2. The minimum atomic E-state index is -0.635. The average Bonchev–Trinajstić information content (AvgIpc) is 2.52. The zero-order chi connectivity index (χ0) is 15.4. The van der Waals surface area contributed by atoms with E-state index < -0.39 is 11.9 Å². The number of hydrogen-bond donors (Lipinski definition) is 0. The Morgan fingerprint density at radius 2 is 1.52 bits per heavy atom. The van der Waals surface area contributed by atoms with Crippen molar-refractivity contribution in [2.24, 2.45) is 0 Å². The Hall–Kier alpha value is -2.40. The highest BCUT2D eigenvalue weighted by atomic mass is 35.5. The fraction of sp³-hybridized carbons (Fsp3) is 0.133. The summed E-state index contributed by atoms with van der Waals surface area (Å²) in [5, 5.41) is 0.545. The van der Waals surface area contributed by atoms with Crippen LogP contribution in [0, 0.1) is 0 Å². The van der Waals surface area contributed by atoms with Gasteiger partial charge in [0, 0.05) is 5.02 Å². The Labute approximate surface area is 126 Å². The summed E-state index contributed by atoms with van der Waals surface area (Å²) in [6, 6.07) is 10.1. The number of pyridine rings is 1. The third kappa shape index (κ3) is 3.38. The monoisotopic (exact) mass is 305 g/mol. The highest BCUT2D eigenvalue weighted by Gasteiger charge is 2.16. The number of aromatic nitrogens is 1. The normalized spacial score (nSPS) is 10.0. The second kappa shape index (κ2) is 6.37. The van der Waals surface area contributed by atoms with Gasteiger partial charge in [-0.1, -0.05) is 23.7 Å². The predicted octanol–water partition coefficient (Wildman–Crippen LogP) is 2.98. The molecule has 0 spiro atoms. The molecule has 0 fully saturated rings. The fourth-order valence-electron chi connectivity index (χ4n) is 1.78. The maximum atomic E-state index is 11.7. The smallest absolute Gasteiger partial charge is 0.356 e. The fourth-order valence-corrected chi connectivity index (χ4v) is 1.97. The molecule has 6 heteroatoms. The topological polar surface area (TPSA) is 65.5 Å². The van der Waals surface area contributed by atoms with Gasteiger partial charge in [-0.15, -0.1) is 0 Å². The van der Waals surface area contributed by atoms with Crippen molar-refractivity contribution in [3.05, 3.63) is 52.8 Å². The summed E-state index contributed by atoms with van der Waals surface area (Å²) < 4.78 is 9.28. The third-order valence-electron chi connectivity index (χ3n) is 2.77. The predicted molar refractivity (Wildman–Crippen MR) is 77.4 cm³/mol. The lowest BCUT2D eigenvalue weighted by Crippen LogP contribution is -2.11. The van der Waals surface area contributed by atoms with Crippen molar-refractivity contribution in [3.8, 4) is 11.1 Å². The molecule has 0 bridgehead atoms. The Balaban J connectivity index is 2.59. The Kier molecular flexibility index (Phi) is 4.55. The average molecular weight is 306 g/mol. The van der Waals surface area contributed by atoms with E-state index in [9.17, 15) is 9.59 Å². The molecule has 0 radical (unpaired) electrons. The van der Waals surface area contributed by atoms with E-state index in [4.69, 9.17) is 11.6 Å². The molecule has 0 saturated carbocycles. The second-order valence-electron chi connectivity index (χ2n) is 4.12. The summed E-state index contributed by atoms with van der Waals surface area (Å²) in [4.78, 5) is 27.3. The Morgan fingerprint density at radius 3 is 2.00 bits per heavy atom. The van der Waals surface area contributed by atoms with Crippen LogP contribution in [0.3, 0.4) is 0 Å². The van der Waals surface area contributed by atoms with Crippen molar-refractivity contribution >= 4 is 23.5 Å². The first-order valence-electron chi connectivity index (χ1n) is 6.00. The van der Waals surface area contributed by atoms with E-state index >= 15 is 0 Å². The molecule has 1 aromatic carbocycles. The van der Waals surface area contributed by atoms with E-state index in [2.05, 4.69) is 14.5 Å². The Morgan fingerprint density at radius 1 is 0.952 bits per heavy atom. The van der Waals surface area contributed by atoms with E-state index in [1.165, 1.54) is 26.4 Å². The molecule has 0 aliphatic heterocycles. The molecular formula is C15H12ClNO4. The van der Waals surface area contributed by atoms with Gasteiger partial charge in [0.25, 0.3) is 0 Å². The molecule has 0 amide bonds. The number of methoxy groups -OCH3 is 2. The van der Waals surface area contributed by atoms with Gasteiger partial charge in [-0.3, -0.25) is 0 Å². The van der Waals surface area contributed by atoms with Crippen molar-refractivity contribution in [2.45, 2.75) is 0 Å². The molecule has 5 nitrogen and oxygen atoms in total. The summed E-state index contributed by atoms with van der Waals surface area (Å²) in [5.41, 5.74) is 1.42. The van der Waals surface area contributed by atoms with Gasteiger partial charge in [0.15, 0.2) is 0 Å². The van der Waals surface area contributed by atoms with Gasteiger partial charge in [0.2, 0.25) is 0 Å². The highest BCUT2D eigenvalue weighted by molar-refractivity contribution is 6.30. The minimum absolute atomic E-state index is 0.0235. The van der Waals surface area contributed by atoms with Gasteiger partial charge >= 0.3 is 11.9 Å². The molecule has 2 rings (SSSR count). The third-order valence-corrected chi connectivity index (χ3v) is 3.01. The number of ether oxygens (including phenoxy) is 2. The molecule has 0 saturated heterocycles. The van der Waals surface area contributed by atoms with Gasteiger partial charge in [-0.05, 0) is 35.4 Å². The van der Waals surface area contributed by atoms with Gasteiger partial charge in [0.05, 0.1) is 14.2 Å². The van der Waals surface area contributed by atoms with Crippen molar-refractivity contribution in [3.63, 3.8) is 0 Å². The second-order valence-corrected chi connectivity index (χ2v) is 4.56. The molecule has 0 unspecified atom stereocenters. The van der Waals surface area contributed by atoms with Crippen LogP contribution in [0.1, 0.15) is 21.0 Å². The Bertz CT molecular complexity index is 666. The lowest BCUT2D eigenvalue weighted by molar-refractivity contribution is 0.0586. The van der Waals surface area contributed by atoms with E-state index in [0.717, 1.165) is 5.56 Å². The zero-order valence-electron chi connectivity index (χ0n) is 11.4. The van der Waals surface area contributed by atoms with Gasteiger partial charge in [-0.25, -0.2) is 14.6 Å². The number of halogens is 1. The molecule has 1 aromatic heterocycles. The lowest BCUT2D eigenvalue weighted by Gasteiger charge is -2.07. The van der Waals surface area contributed by atoms with Crippen LogP contribution in [0.25, 0.3) is 11.1 Å². The summed E-state index contributed by atoms with van der Waals surface area (Å²) in [6.45, 7) is 0. The molecule has 0 atom stereocenters. The molecule has 21 heavy (non-hydrogen) atoms. The molecule has 0 N–H and O–H groups in total. The summed E-state index contributed by atoms with van der Waals surface area (Å²) in [7, 11) is 2.49. The number of esters is 2. The number of hydrogen-bond acceptors (Lipinski definition) is 5. The minimum Gasteiger partial charge on any atom is -0.464 e. The molecule has 1 heterocycles. The first-order valence-corrected chi connectivity index (χ1v) is 6.37. The number of nitrogens with zero attached hydrogens (tertiary/aromatic N) is 1. The van der Waals surface area contributed by atoms with Crippen LogP contribution < -0.4 is 0 Å². The number of benzene rings is 1. The van der Waals surface area contributed by atoms with Crippen molar-refractivity contribution in [1.82, 2.24) is 4.98 Å². The van der Waals surface area contributed by atoms with Crippen LogP contribution >= 0.6 is 11.6 Å². The van der Waals surface area contributed by atoms with Gasteiger partial charge in [-0.2, -0.15) is 0 Å². The molecule has 2 aromatic rings. The number of rotatable bonds is 3. The van der Waals surface area contributed by atoms with Crippen molar-refractivity contribution in [2.75, 3.05) is 14.2 Å². The van der Waals surface area contributed by atoms with Crippen LogP contribution in [0.4, 0.5) is 0 Å². The first kappa shape index (κ1) is 15.0. The molecule has 0 aliphatic rings. The largest absolute Gasteiger partial charge is 0.464 e. The van der Waals surface area contributed by atoms with Crippen LogP contribution in [0.5, 0.6) is 0 Å². The summed E-state index contributed by atoms with van der Waals surface area (Å²) >= 11 is 5.96. The lowest BCUT2D eigenvalue weighted by atomic mass is 10.0. The molecule has 108 valence electrons.